The van der Waals surface area contributed by atoms with Gasteiger partial charge < -0.3 is 4.90 Å². The van der Waals surface area contributed by atoms with E-state index < -0.39 is 4.92 Å². The Hall–Kier alpha value is -3.27. The van der Waals surface area contributed by atoms with Crippen LogP contribution in [0.25, 0.3) is 5.69 Å². The minimum Gasteiger partial charge on any atom is -0.311 e. The van der Waals surface area contributed by atoms with Gasteiger partial charge in [-0.15, -0.1) is 5.10 Å². The molecule has 1 aliphatic heterocycles. The first kappa shape index (κ1) is 17.2. The minimum atomic E-state index is -0.468. The molecule has 27 heavy (non-hydrogen) atoms. The number of benzene rings is 2. The first-order valence-corrected chi connectivity index (χ1v) is 9.08. The lowest BCUT2D eigenvalue weighted by atomic mass is 10.2. The predicted molar refractivity (Wildman–Crippen MR) is 98.9 cm³/mol. The number of amides is 1. The number of anilines is 1. The molecule has 1 aromatic heterocycles. The molecule has 1 aliphatic rings. The van der Waals surface area contributed by atoms with E-state index in [0.29, 0.717) is 23.8 Å². The van der Waals surface area contributed by atoms with E-state index in [4.69, 9.17) is 0 Å². The summed E-state index contributed by atoms with van der Waals surface area (Å²) in [5, 5.41) is 22.9. The van der Waals surface area contributed by atoms with Gasteiger partial charge in [-0.3, -0.25) is 14.9 Å². The van der Waals surface area contributed by atoms with Gasteiger partial charge in [0.25, 0.3) is 5.69 Å². The molecule has 3 aromatic rings. The number of tetrazole rings is 1. The third-order valence-corrected chi connectivity index (χ3v) is 5.39. The standard InChI is InChI=1S/C17H14N6O3S/c24-16-15(9-10-21(16)13-7-4-8-14(11-13)23(25)26)27-17-18-19-20-22(17)12-5-2-1-3-6-12/h1-8,11,15H,9-10H2. The number of rotatable bonds is 5. The lowest BCUT2D eigenvalue weighted by Gasteiger charge is -2.16. The van der Waals surface area contributed by atoms with E-state index in [2.05, 4.69) is 15.5 Å². The maximum absolute atomic E-state index is 12.8. The number of non-ortho nitro benzene ring substituents is 1. The van der Waals surface area contributed by atoms with E-state index in [9.17, 15) is 14.9 Å². The van der Waals surface area contributed by atoms with Crippen molar-refractivity contribution in [2.24, 2.45) is 0 Å². The normalized spacial score (nSPS) is 16.7. The van der Waals surface area contributed by atoms with Crippen LogP contribution in [0, 0.1) is 10.1 Å². The maximum atomic E-state index is 12.8. The molecule has 2 aromatic carbocycles. The molecule has 10 heteroatoms. The van der Waals surface area contributed by atoms with Gasteiger partial charge in [0, 0.05) is 18.7 Å². The van der Waals surface area contributed by atoms with Crippen LogP contribution in [0.1, 0.15) is 6.42 Å². The number of nitro groups is 1. The molecule has 136 valence electrons. The summed E-state index contributed by atoms with van der Waals surface area (Å²) in [7, 11) is 0. The molecule has 0 spiro atoms. The van der Waals surface area contributed by atoms with E-state index >= 15 is 0 Å². The van der Waals surface area contributed by atoms with Crippen LogP contribution in [0.2, 0.25) is 0 Å². The Bertz CT molecular complexity index is 993. The smallest absolute Gasteiger partial charge is 0.271 e. The Morgan fingerprint density at radius 2 is 1.89 bits per heavy atom. The van der Waals surface area contributed by atoms with Crippen molar-refractivity contribution in [3.8, 4) is 5.69 Å². The van der Waals surface area contributed by atoms with Crippen LogP contribution >= 0.6 is 11.8 Å². The molecule has 1 fully saturated rings. The van der Waals surface area contributed by atoms with E-state index in [1.165, 1.54) is 23.9 Å². The zero-order valence-electron chi connectivity index (χ0n) is 14.0. The van der Waals surface area contributed by atoms with Gasteiger partial charge in [0.2, 0.25) is 11.1 Å². The second-order valence-corrected chi connectivity index (χ2v) is 7.04. The fourth-order valence-corrected chi connectivity index (χ4v) is 3.94. The van der Waals surface area contributed by atoms with Gasteiger partial charge in [-0.1, -0.05) is 36.0 Å². The Morgan fingerprint density at radius 1 is 1.11 bits per heavy atom. The van der Waals surface area contributed by atoms with Crippen LogP contribution < -0.4 is 4.90 Å². The Balaban J connectivity index is 1.53. The molecule has 0 bridgehead atoms. The Morgan fingerprint density at radius 3 is 2.67 bits per heavy atom. The van der Waals surface area contributed by atoms with Gasteiger partial charge in [-0.2, -0.15) is 4.68 Å². The van der Waals surface area contributed by atoms with Crippen molar-refractivity contribution in [1.82, 2.24) is 20.2 Å². The van der Waals surface area contributed by atoms with Crippen LogP contribution in [-0.2, 0) is 4.79 Å². The van der Waals surface area contributed by atoms with Gasteiger partial charge >= 0.3 is 0 Å². The SMILES string of the molecule is O=C1C(Sc2nnnn2-c2ccccc2)CCN1c1cccc([N+](=O)[O-])c1. The van der Waals surface area contributed by atoms with Crippen LogP contribution in [0.4, 0.5) is 11.4 Å². The van der Waals surface area contributed by atoms with Crippen molar-refractivity contribution >= 4 is 29.0 Å². The second-order valence-electron chi connectivity index (χ2n) is 5.87. The summed E-state index contributed by atoms with van der Waals surface area (Å²) in [4.78, 5) is 24.9. The van der Waals surface area contributed by atoms with Crippen LogP contribution in [-0.4, -0.2) is 42.8 Å². The van der Waals surface area contributed by atoms with Crippen molar-refractivity contribution in [3.05, 3.63) is 64.7 Å². The Labute approximate surface area is 158 Å². The monoisotopic (exact) mass is 382 g/mol. The number of aromatic nitrogens is 4. The summed E-state index contributed by atoms with van der Waals surface area (Å²) in [5.41, 5.74) is 1.30. The molecule has 2 heterocycles. The summed E-state index contributed by atoms with van der Waals surface area (Å²) in [6.07, 6.45) is 0.605. The van der Waals surface area contributed by atoms with E-state index in [0.717, 1.165) is 5.69 Å². The molecule has 0 saturated carbocycles. The van der Waals surface area contributed by atoms with Gasteiger partial charge in [0.15, 0.2) is 0 Å². The third kappa shape index (κ3) is 3.38. The summed E-state index contributed by atoms with van der Waals surface area (Å²) in [6.45, 7) is 0.491. The second kappa shape index (κ2) is 7.16. The topological polar surface area (TPSA) is 107 Å². The van der Waals surface area contributed by atoms with Crippen molar-refractivity contribution < 1.29 is 9.72 Å². The number of nitro benzene ring substituents is 1. The molecule has 1 atom stereocenters. The van der Waals surface area contributed by atoms with E-state index in [-0.39, 0.29) is 16.8 Å². The molecule has 0 radical (unpaired) electrons. The molecular weight excluding hydrogens is 368 g/mol. The lowest BCUT2D eigenvalue weighted by molar-refractivity contribution is -0.384. The zero-order chi connectivity index (χ0) is 18.8. The average Bonchev–Trinajstić information content (AvgIpc) is 3.30. The summed E-state index contributed by atoms with van der Waals surface area (Å²) in [6, 6.07) is 15.5. The molecule has 1 amide bonds. The molecule has 0 N–H and O–H groups in total. The number of carbonyl (C=O) groups is 1. The highest BCUT2D eigenvalue weighted by Gasteiger charge is 2.35. The quantitative estimate of drug-likeness (QED) is 0.493. The molecule has 9 nitrogen and oxygen atoms in total. The van der Waals surface area contributed by atoms with Crippen LogP contribution in [0.5, 0.6) is 0 Å². The molecule has 0 aliphatic carbocycles. The lowest BCUT2D eigenvalue weighted by Crippen LogP contribution is -2.28. The van der Waals surface area contributed by atoms with Crippen molar-refractivity contribution in [3.63, 3.8) is 0 Å². The number of hydrogen-bond donors (Lipinski definition) is 0. The number of carbonyl (C=O) groups excluding carboxylic acids is 1. The van der Waals surface area contributed by atoms with Crippen molar-refractivity contribution in [1.29, 1.82) is 0 Å². The minimum absolute atomic E-state index is 0.0376. The average molecular weight is 382 g/mol. The molecule has 4 rings (SSSR count). The van der Waals surface area contributed by atoms with Gasteiger partial charge in [0.05, 0.1) is 21.5 Å². The van der Waals surface area contributed by atoms with E-state index in [1.807, 2.05) is 30.3 Å². The van der Waals surface area contributed by atoms with Gasteiger partial charge in [-0.05, 0) is 35.0 Å². The third-order valence-electron chi connectivity index (χ3n) is 4.20. The summed E-state index contributed by atoms with van der Waals surface area (Å²) in [5.74, 6) is -0.108. The number of nitrogens with zero attached hydrogens (tertiary/aromatic N) is 6. The maximum Gasteiger partial charge on any atom is 0.271 e. The van der Waals surface area contributed by atoms with Crippen LogP contribution in [0.15, 0.2) is 59.8 Å². The highest BCUT2D eigenvalue weighted by molar-refractivity contribution is 8.00. The van der Waals surface area contributed by atoms with Crippen molar-refractivity contribution in [2.75, 3.05) is 11.4 Å². The molecular formula is C17H14N6O3S. The van der Waals surface area contributed by atoms with Crippen molar-refractivity contribution in [2.45, 2.75) is 16.8 Å². The molecule has 1 unspecified atom stereocenters. The fourth-order valence-electron chi connectivity index (χ4n) is 2.90. The highest BCUT2D eigenvalue weighted by atomic mass is 32.2. The van der Waals surface area contributed by atoms with E-state index in [1.54, 1.807) is 21.7 Å². The number of hydrogen-bond acceptors (Lipinski definition) is 7. The largest absolute Gasteiger partial charge is 0.311 e. The van der Waals surface area contributed by atoms with Crippen LogP contribution in [0.3, 0.4) is 0 Å². The summed E-state index contributed by atoms with van der Waals surface area (Å²) < 4.78 is 1.59. The summed E-state index contributed by atoms with van der Waals surface area (Å²) >= 11 is 1.30. The molecule has 1 saturated heterocycles. The first-order valence-electron chi connectivity index (χ1n) is 8.20. The number of thioether (sulfide) groups is 1. The fraction of sp³-hybridized carbons (Fsp3) is 0.176. The first-order chi connectivity index (χ1) is 13.1. The Kier molecular flexibility index (Phi) is 4.55. The highest BCUT2D eigenvalue weighted by Crippen LogP contribution is 2.33. The van der Waals surface area contributed by atoms with Gasteiger partial charge in [0.1, 0.15) is 0 Å². The number of para-hydroxylation sites is 1. The van der Waals surface area contributed by atoms with Gasteiger partial charge in [-0.25, -0.2) is 0 Å². The predicted octanol–water partition coefficient (Wildman–Crippen LogP) is 2.47. The zero-order valence-corrected chi connectivity index (χ0v) is 14.8.